The van der Waals surface area contributed by atoms with Gasteiger partial charge in [0.1, 0.15) is 47.4 Å². The second-order valence-corrected chi connectivity index (χ2v) is 21.5. The van der Waals surface area contributed by atoms with Crippen LogP contribution in [0.15, 0.2) is 78.9 Å². The number of hydrogen-bond acceptors (Lipinski definition) is 9. The second kappa shape index (κ2) is 30.5. The summed E-state index contributed by atoms with van der Waals surface area (Å²) in [5, 5.41) is 13.7. The summed E-state index contributed by atoms with van der Waals surface area (Å²) in [5.41, 5.74) is 6.08. The predicted octanol–water partition coefficient (Wildman–Crippen LogP) is 14.2. The molecule has 11 nitrogen and oxygen atoms in total. The summed E-state index contributed by atoms with van der Waals surface area (Å²) in [6.07, 6.45) is 23.9. The number of alkyl carbamates (subject to hydrolysis) is 1. The molecule has 2 amide bonds. The number of carbonyl (C=O) groups is 2. The highest BCUT2D eigenvalue weighted by atomic mass is 16.6. The van der Waals surface area contributed by atoms with Crippen molar-refractivity contribution in [3.8, 4) is 23.0 Å². The van der Waals surface area contributed by atoms with Crippen LogP contribution < -0.4 is 24.3 Å². The van der Waals surface area contributed by atoms with Crippen LogP contribution in [0.3, 0.4) is 0 Å². The summed E-state index contributed by atoms with van der Waals surface area (Å²) in [5.74, 6) is 3.32. The fourth-order valence-corrected chi connectivity index (χ4v) is 11.3. The van der Waals surface area contributed by atoms with Crippen molar-refractivity contribution in [1.29, 1.82) is 0 Å². The molecule has 11 heteroatoms. The number of amides is 2. The van der Waals surface area contributed by atoms with Gasteiger partial charge in [0, 0.05) is 25.1 Å². The molecular weight excluding hydrogens is 941 g/mol. The molecule has 6 rings (SSSR count). The number of aliphatic hydroxyl groups is 1. The highest BCUT2D eigenvalue weighted by Crippen LogP contribution is 2.46. The SMILES string of the molecule is CCCCCCCCCCCCCCCCC1(C)CCc2c(C)c(OCCOC(=O)NCCCCCC(=O)N3CC(O)CC3COC(c3ccccc3)(c3ccc(OC)cc3)c3ccc(OC)cc3)c(C)c(C)c2O1. The Labute approximate surface area is 450 Å². The Hall–Kier alpha value is -5.26. The Morgan fingerprint density at radius 3 is 1.85 bits per heavy atom. The van der Waals surface area contributed by atoms with Gasteiger partial charge < -0.3 is 43.7 Å². The molecule has 0 bridgehead atoms. The van der Waals surface area contributed by atoms with Gasteiger partial charge in [-0.05, 0) is 130 Å². The molecule has 2 aliphatic rings. The van der Waals surface area contributed by atoms with Crippen LogP contribution in [0.2, 0.25) is 0 Å². The van der Waals surface area contributed by atoms with E-state index in [1.165, 1.54) is 95.5 Å². The van der Waals surface area contributed by atoms with Crippen LogP contribution in [-0.2, 0) is 26.3 Å². The number of methoxy groups -OCH3 is 2. The third kappa shape index (κ3) is 16.9. The molecule has 2 N–H and O–H groups in total. The van der Waals surface area contributed by atoms with E-state index < -0.39 is 17.8 Å². The average Bonchev–Trinajstić information content (AvgIpc) is 3.81. The van der Waals surface area contributed by atoms with E-state index in [1.807, 2.05) is 78.9 Å². The van der Waals surface area contributed by atoms with Gasteiger partial charge in [-0.2, -0.15) is 0 Å². The zero-order chi connectivity index (χ0) is 53.5. The number of benzene rings is 4. The van der Waals surface area contributed by atoms with Crippen molar-refractivity contribution in [3.05, 3.63) is 118 Å². The maximum atomic E-state index is 13.8. The highest BCUT2D eigenvalue weighted by molar-refractivity contribution is 5.77. The van der Waals surface area contributed by atoms with E-state index >= 15 is 0 Å². The Morgan fingerprint density at radius 2 is 1.27 bits per heavy atom. The van der Waals surface area contributed by atoms with Crippen LogP contribution in [0.5, 0.6) is 23.0 Å². The number of β-amino-alcohol motifs (C(OH)–C–C–N with tert-alkyl or cyclic N) is 1. The number of unbranched alkanes of at least 4 members (excludes halogenated alkanes) is 15. The molecule has 412 valence electrons. The van der Waals surface area contributed by atoms with E-state index in [9.17, 15) is 14.7 Å². The number of ether oxygens (including phenoxy) is 6. The highest BCUT2D eigenvalue weighted by Gasteiger charge is 2.42. The van der Waals surface area contributed by atoms with Crippen LogP contribution in [0, 0.1) is 20.8 Å². The molecular formula is C64H92N2O9. The van der Waals surface area contributed by atoms with Gasteiger partial charge in [-0.15, -0.1) is 0 Å². The summed E-state index contributed by atoms with van der Waals surface area (Å²) < 4.78 is 36.7. The van der Waals surface area contributed by atoms with Crippen molar-refractivity contribution < 1.29 is 43.1 Å². The van der Waals surface area contributed by atoms with Gasteiger partial charge in [0.25, 0.3) is 0 Å². The number of nitrogens with one attached hydrogen (secondary N) is 1. The molecule has 0 aromatic heterocycles. The minimum Gasteiger partial charge on any atom is -0.497 e. The van der Waals surface area contributed by atoms with Gasteiger partial charge in [-0.1, -0.05) is 151 Å². The number of hydrogen-bond donors (Lipinski definition) is 2. The number of likely N-dealkylation sites (tertiary alicyclic amines) is 1. The van der Waals surface area contributed by atoms with Crippen LogP contribution >= 0.6 is 0 Å². The van der Waals surface area contributed by atoms with Crippen molar-refractivity contribution >= 4 is 12.0 Å². The lowest BCUT2D eigenvalue weighted by Crippen LogP contribution is -2.42. The maximum absolute atomic E-state index is 13.8. The van der Waals surface area contributed by atoms with E-state index in [2.05, 4.69) is 39.9 Å². The van der Waals surface area contributed by atoms with Crippen LogP contribution in [0.1, 0.15) is 188 Å². The normalized spacial score (nSPS) is 17.3. The molecule has 3 atom stereocenters. The first kappa shape index (κ1) is 59.0. The lowest BCUT2D eigenvalue weighted by molar-refractivity contribution is -0.134. The van der Waals surface area contributed by atoms with Crippen molar-refractivity contribution in [2.24, 2.45) is 0 Å². The number of carbonyl (C=O) groups excluding carboxylic acids is 2. The number of nitrogens with zero attached hydrogens (tertiary/aromatic N) is 1. The zero-order valence-corrected chi connectivity index (χ0v) is 46.9. The molecule has 75 heavy (non-hydrogen) atoms. The monoisotopic (exact) mass is 1030 g/mol. The molecule has 4 aromatic rings. The number of aliphatic hydroxyl groups excluding tert-OH is 1. The maximum Gasteiger partial charge on any atom is 0.407 e. The van der Waals surface area contributed by atoms with Gasteiger partial charge in [0.05, 0.1) is 33.0 Å². The summed E-state index contributed by atoms with van der Waals surface area (Å²) in [4.78, 5) is 28.2. The van der Waals surface area contributed by atoms with Crippen LogP contribution in [0.4, 0.5) is 4.79 Å². The van der Waals surface area contributed by atoms with E-state index in [0.717, 1.165) is 82.1 Å². The molecule has 0 spiro atoms. The quantitative estimate of drug-likeness (QED) is 0.0354. The fourth-order valence-electron chi connectivity index (χ4n) is 11.3. The zero-order valence-electron chi connectivity index (χ0n) is 46.9. The predicted molar refractivity (Wildman–Crippen MR) is 301 cm³/mol. The van der Waals surface area contributed by atoms with Gasteiger partial charge >= 0.3 is 6.09 Å². The molecule has 0 radical (unpaired) electrons. The summed E-state index contributed by atoms with van der Waals surface area (Å²) >= 11 is 0. The molecule has 1 fully saturated rings. The van der Waals surface area contributed by atoms with Gasteiger partial charge in [-0.25, -0.2) is 4.79 Å². The average molecular weight is 1030 g/mol. The summed E-state index contributed by atoms with van der Waals surface area (Å²) in [7, 11) is 3.29. The Bertz CT molecular complexity index is 2270. The Balaban J connectivity index is 0.886. The second-order valence-electron chi connectivity index (χ2n) is 21.5. The van der Waals surface area contributed by atoms with E-state index in [4.69, 9.17) is 28.4 Å². The lowest BCUT2D eigenvalue weighted by Gasteiger charge is -2.38. The molecule has 4 aromatic carbocycles. The van der Waals surface area contributed by atoms with Crippen LogP contribution in [-0.4, -0.2) is 86.9 Å². The Kier molecular flexibility index (Phi) is 24.0. The van der Waals surface area contributed by atoms with E-state index in [-0.39, 0.29) is 43.9 Å². The third-order valence-corrected chi connectivity index (χ3v) is 15.9. The molecule has 2 heterocycles. The van der Waals surface area contributed by atoms with E-state index in [0.29, 0.717) is 32.2 Å². The summed E-state index contributed by atoms with van der Waals surface area (Å²) in [6.45, 7) is 12.2. The summed E-state index contributed by atoms with van der Waals surface area (Å²) in [6, 6.07) is 25.5. The number of rotatable bonds is 33. The fraction of sp³-hybridized carbons (Fsp3) is 0.594. The van der Waals surface area contributed by atoms with Gasteiger partial charge in [-0.3, -0.25) is 4.79 Å². The van der Waals surface area contributed by atoms with Crippen molar-refractivity contribution in [2.75, 3.05) is 47.1 Å². The Morgan fingerprint density at radius 1 is 0.707 bits per heavy atom. The van der Waals surface area contributed by atoms with Crippen molar-refractivity contribution in [1.82, 2.24) is 10.2 Å². The third-order valence-electron chi connectivity index (χ3n) is 15.9. The molecule has 0 aliphatic carbocycles. The standard InChI is InChI=1S/C64H92N2O9/c1-8-9-10-11-12-13-14-15-16-17-18-19-20-26-40-63(5)41-39-58-50(4)60(48(2)49(3)61(58)75-63)72-43-44-73-62(69)65-42-27-22-25-30-59(68)66-46-55(67)45-54(66)47-74-64(51-28-23-21-24-29-51,52-31-35-56(70-6)36-32-52)53-33-37-57(71-7)38-34-53/h21,23-24,28-29,31-38,54-55,67H,8-20,22,25-27,30,39-47H2,1-7H3,(H,65,69). The van der Waals surface area contributed by atoms with Crippen molar-refractivity contribution in [2.45, 2.75) is 199 Å². The van der Waals surface area contributed by atoms with E-state index in [1.54, 1.807) is 19.1 Å². The molecule has 0 saturated carbocycles. The van der Waals surface area contributed by atoms with Crippen molar-refractivity contribution in [3.63, 3.8) is 0 Å². The largest absolute Gasteiger partial charge is 0.497 e. The minimum atomic E-state index is -1.04. The smallest absolute Gasteiger partial charge is 0.407 e. The first-order chi connectivity index (χ1) is 36.4. The topological polar surface area (TPSA) is 125 Å². The number of fused-ring (bicyclic) bond motifs is 1. The molecule has 2 aliphatic heterocycles. The van der Waals surface area contributed by atoms with Gasteiger partial charge in [0.15, 0.2) is 0 Å². The minimum absolute atomic E-state index is 0.0206. The molecule has 1 saturated heterocycles. The first-order valence-corrected chi connectivity index (χ1v) is 28.7. The van der Waals surface area contributed by atoms with Gasteiger partial charge in [0.2, 0.25) is 5.91 Å². The van der Waals surface area contributed by atoms with Crippen LogP contribution in [0.25, 0.3) is 0 Å². The molecule has 3 unspecified atom stereocenters. The first-order valence-electron chi connectivity index (χ1n) is 28.7. The lowest BCUT2D eigenvalue weighted by atomic mass is 9.80.